The fraction of sp³-hybridized carbons (Fsp3) is 0.150. The molecule has 0 aliphatic carbocycles. The standard InChI is InChI=1S/C20H17N5O6/c1-11-7-12(2)22-20(21-11)31-16-6-4-5-14(8-16)23-19(26)17-9-15(24(27)28)10-18(13(17)3)25(29)30/h4-10H,1-3H3,(H,23,26). The second kappa shape index (κ2) is 8.53. The molecule has 0 unspecified atom stereocenters. The lowest BCUT2D eigenvalue weighted by molar-refractivity contribution is -0.394. The minimum absolute atomic E-state index is 0.0177. The summed E-state index contributed by atoms with van der Waals surface area (Å²) in [4.78, 5) is 41.9. The number of ether oxygens (including phenoxy) is 1. The van der Waals surface area contributed by atoms with Gasteiger partial charge in [0, 0.05) is 34.8 Å². The molecule has 11 heteroatoms. The van der Waals surface area contributed by atoms with Gasteiger partial charge in [0.15, 0.2) is 0 Å². The zero-order valence-electron chi connectivity index (χ0n) is 16.8. The molecule has 11 nitrogen and oxygen atoms in total. The maximum atomic E-state index is 12.7. The molecule has 0 atom stereocenters. The molecule has 3 rings (SSSR count). The van der Waals surface area contributed by atoms with Crippen molar-refractivity contribution >= 4 is 23.0 Å². The summed E-state index contributed by atoms with van der Waals surface area (Å²) in [6.07, 6.45) is 0. The first-order valence-corrected chi connectivity index (χ1v) is 8.99. The third-order valence-electron chi connectivity index (χ3n) is 4.28. The number of amides is 1. The van der Waals surface area contributed by atoms with E-state index in [9.17, 15) is 25.0 Å². The van der Waals surface area contributed by atoms with Crippen molar-refractivity contribution in [3.8, 4) is 11.8 Å². The fourth-order valence-electron chi connectivity index (χ4n) is 2.90. The molecule has 0 bridgehead atoms. The molecule has 31 heavy (non-hydrogen) atoms. The van der Waals surface area contributed by atoms with E-state index < -0.39 is 27.1 Å². The molecule has 0 aliphatic rings. The number of hydrogen-bond donors (Lipinski definition) is 1. The number of benzene rings is 2. The molecule has 0 saturated heterocycles. The zero-order valence-corrected chi connectivity index (χ0v) is 16.8. The van der Waals surface area contributed by atoms with Crippen LogP contribution in [0.15, 0.2) is 42.5 Å². The Morgan fingerprint density at radius 1 is 0.968 bits per heavy atom. The second-order valence-electron chi connectivity index (χ2n) is 6.67. The SMILES string of the molecule is Cc1cc(C)nc(Oc2cccc(NC(=O)c3cc([N+](=O)[O-])cc([N+](=O)[O-])c3C)c2)n1. The van der Waals surface area contributed by atoms with Crippen LogP contribution in [-0.4, -0.2) is 25.7 Å². The van der Waals surface area contributed by atoms with Gasteiger partial charge in [-0.25, -0.2) is 9.97 Å². The van der Waals surface area contributed by atoms with Crippen molar-refractivity contribution in [2.75, 3.05) is 5.32 Å². The van der Waals surface area contributed by atoms with Crippen LogP contribution in [-0.2, 0) is 0 Å². The van der Waals surface area contributed by atoms with Crippen LogP contribution in [0.3, 0.4) is 0 Å². The number of nitro benzene ring substituents is 2. The third kappa shape index (κ3) is 4.96. The third-order valence-corrected chi connectivity index (χ3v) is 4.28. The minimum Gasteiger partial charge on any atom is -0.424 e. The van der Waals surface area contributed by atoms with Crippen LogP contribution in [0.5, 0.6) is 11.8 Å². The van der Waals surface area contributed by atoms with Gasteiger partial charge in [-0.1, -0.05) is 6.07 Å². The molecule has 1 heterocycles. The first-order chi connectivity index (χ1) is 14.6. The molecular weight excluding hydrogens is 406 g/mol. The Bertz CT molecular complexity index is 1190. The molecule has 1 aromatic heterocycles. The lowest BCUT2D eigenvalue weighted by atomic mass is 10.0. The summed E-state index contributed by atoms with van der Waals surface area (Å²) < 4.78 is 5.64. The molecule has 0 radical (unpaired) electrons. The average Bonchev–Trinajstić information content (AvgIpc) is 2.67. The van der Waals surface area contributed by atoms with Crippen molar-refractivity contribution in [3.05, 3.63) is 85.2 Å². The van der Waals surface area contributed by atoms with E-state index in [1.165, 1.54) is 13.0 Å². The van der Waals surface area contributed by atoms with Gasteiger partial charge in [0.2, 0.25) is 0 Å². The smallest absolute Gasteiger partial charge is 0.322 e. The number of anilines is 1. The van der Waals surface area contributed by atoms with E-state index in [1.54, 1.807) is 38.1 Å². The average molecular weight is 423 g/mol. The molecule has 1 N–H and O–H groups in total. The Morgan fingerprint density at radius 2 is 1.65 bits per heavy atom. The highest BCUT2D eigenvalue weighted by molar-refractivity contribution is 6.06. The van der Waals surface area contributed by atoms with Crippen LogP contribution in [0.4, 0.5) is 17.1 Å². The van der Waals surface area contributed by atoms with Crippen LogP contribution in [0.25, 0.3) is 0 Å². The number of aryl methyl sites for hydroxylation is 2. The summed E-state index contributed by atoms with van der Waals surface area (Å²) in [6, 6.07) is 10.1. The largest absolute Gasteiger partial charge is 0.424 e. The number of non-ortho nitro benzene ring substituents is 1. The van der Waals surface area contributed by atoms with E-state index in [0.717, 1.165) is 23.5 Å². The molecule has 3 aromatic rings. The number of nitro groups is 2. The number of rotatable bonds is 6. The maximum Gasteiger partial charge on any atom is 0.322 e. The van der Waals surface area contributed by atoms with Gasteiger partial charge in [-0.2, -0.15) is 0 Å². The molecule has 2 aromatic carbocycles. The summed E-state index contributed by atoms with van der Waals surface area (Å²) in [6.45, 7) is 4.96. The monoisotopic (exact) mass is 423 g/mol. The van der Waals surface area contributed by atoms with E-state index in [4.69, 9.17) is 4.74 Å². The first-order valence-electron chi connectivity index (χ1n) is 8.99. The highest BCUT2D eigenvalue weighted by Crippen LogP contribution is 2.29. The molecule has 1 amide bonds. The van der Waals surface area contributed by atoms with Crippen molar-refractivity contribution in [3.63, 3.8) is 0 Å². The first kappa shape index (κ1) is 21.3. The van der Waals surface area contributed by atoms with Gasteiger partial charge in [0.25, 0.3) is 17.3 Å². The highest BCUT2D eigenvalue weighted by atomic mass is 16.6. The summed E-state index contributed by atoms with van der Waals surface area (Å²) in [5.74, 6) is -0.381. The van der Waals surface area contributed by atoms with Gasteiger partial charge in [-0.05, 0) is 39.0 Å². The predicted octanol–water partition coefficient (Wildman–Crippen LogP) is 4.26. The van der Waals surface area contributed by atoms with Crippen molar-refractivity contribution in [2.45, 2.75) is 20.8 Å². The van der Waals surface area contributed by atoms with Crippen LogP contribution in [0.1, 0.15) is 27.3 Å². The van der Waals surface area contributed by atoms with Gasteiger partial charge < -0.3 is 10.1 Å². The van der Waals surface area contributed by atoms with E-state index in [-0.39, 0.29) is 17.1 Å². The van der Waals surface area contributed by atoms with E-state index in [2.05, 4.69) is 15.3 Å². The lowest BCUT2D eigenvalue weighted by Gasteiger charge is -2.10. The van der Waals surface area contributed by atoms with Crippen LogP contribution in [0.2, 0.25) is 0 Å². The molecule has 0 fully saturated rings. The molecular formula is C20H17N5O6. The highest BCUT2D eigenvalue weighted by Gasteiger charge is 2.24. The maximum absolute atomic E-state index is 12.7. The Morgan fingerprint density at radius 3 is 2.26 bits per heavy atom. The van der Waals surface area contributed by atoms with Crippen molar-refractivity contribution in [2.24, 2.45) is 0 Å². The fourth-order valence-corrected chi connectivity index (χ4v) is 2.90. The van der Waals surface area contributed by atoms with Gasteiger partial charge >= 0.3 is 6.01 Å². The Labute approximate surface area is 176 Å². The Kier molecular flexibility index (Phi) is 5.86. The van der Waals surface area contributed by atoms with Crippen molar-refractivity contribution in [1.82, 2.24) is 9.97 Å². The number of nitrogens with zero attached hydrogens (tertiary/aromatic N) is 4. The summed E-state index contributed by atoms with van der Waals surface area (Å²) in [5, 5.41) is 24.9. The second-order valence-corrected chi connectivity index (χ2v) is 6.67. The van der Waals surface area contributed by atoms with E-state index in [0.29, 0.717) is 11.4 Å². The Hall–Kier alpha value is -4.41. The number of nitrogens with one attached hydrogen (secondary N) is 1. The van der Waals surface area contributed by atoms with Crippen LogP contribution < -0.4 is 10.1 Å². The molecule has 158 valence electrons. The summed E-state index contributed by atoms with van der Waals surface area (Å²) in [5.41, 5.74) is 0.564. The molecule has 0 spiro atoms. The lowest BCUT2D eigenvalue weighted by Crippen LogP contribution is -2.14. The van der Waals surface area contributed by atoms with Gasteiger partial charge in [-0.15, -0.1) is 0 Å². The minimum atomic E-state index is -0.790. The molecule has 0 aliphatic heterocycles. The zero-order chi connectivity index (χ0) is 22.7. The quantitative estimate of drug-likeness (QED) is 0.456. The number of aromatic nitrogens is 2. The predicted molar refractivity (Wildman–Crippen MR) is 110 cm³/mol. The van der Waals surface area contributed by atoms with E-state index >= 15 is 0 Å². The Balaban J connectivity index is 1.88. The summed E-state index contributed by atoms with van der Waals surface area (Å²) >= 11 is 0. The van der Waals surface area contributed by atoms with Gasteiger partial charge in [0.1, 0.15) is 5.75 Å². The summed E-state index contributed by atoms with van der Waals surface area (Å²) in [7, 11) is 0. The van der Waals surface area contributed by atoms with Crippen molar-refractivity contribution < 1.29 is 19.4 Å². The number of carbonyl (C=O) groups excluding carboxylic acids is 1. The van der Waals surface area contributed by atoms with Crippen LogP contribution in [0, 0.1) is 41.0 Å². The topological polar surface area (TPSA) is 150 Å². The molecule has 0 saturated carbocycles. The normalized spacial score (nSPS) is 10.4. The van der Waals surface area contributed by atoms with Crippen molar-refractivity contribution in [1.29, 1.82) is 0 Å². The number of carbonyl (C=O) groups is 1. The van der Waals surface area contributed by atoms with Gasteiger partial charge in [0.05, 0.1) is 21.5 Å². The number of hydrogen-bond acceptors (Lipinski definition) is 8. The van der Waals surface area contributed by atoms with Crippen LogP contribution >= 0.6 is 0 Å². The van der Waals surface area contributed by atoms with E-state index in [1.807, 2.05) is 0 Å². The van der Waals surface area contributed by atoms with Gasteiger partial charge in [-0.3, -0.25) is 25.0 Å².